The van der Waals surface area contributed by atoms with Crippen LogP contribution in [0.2, 0.25) is 0 Å². The Balaban J connectivity index is 3.49. The van der Waals surface area contributed by atoms with Gasteiger partial charge in [0.2, 0.25) is 0 Å². The highest BCUT2D eigenvalue weighted by Crippen LogP contribution is 2.62. The fourth-order valence-corrected chi connectivity index (χ4v) is 7.30. The Kier molecular flexibility index (Phi) is 7.93. The van der Waals surface area contributed by atoms with E-state index in [1.54, 1.807) is 6.92 Å². The van der Waals surface area contributed by atoms with Gasteiger partial charge >= 0.3 is 33.4 Å². The summed E-state index contributed by atoms with van der Waals surface area (Å²) in [5, 5.41) is -6.90. The summed E-state index contributed by atoms with van der Waals surface area (Å²) in [6.45, 7) is 4.41. The lowest BCUT2D eigenvalue weighted by Crippen LogP contribution is -2.63. The summed E-state index contributed by atoms with van der Waals surface area (Å²) in [5.74, 6) is -15.1. The normalized spacial score (nSPS) is 15.1. The van der Waals surface area contributed by atoms with Crippen LogP contribution >= 0.6 is 10.3 Å². The van der Waals surface area contributed by atoms with Gasteiger partial charge in [0.15, 0.2) is 0 Å². The van der Waals surface area contributed by atoms with E-state index in [0.29, 0.717) is 0 Å². The Bertz CT molecular complexity index is 849. The second kappa shape index (κ2) is 8.89. The molecular formula is C16H19F9O4S2. The van der Waals surface area contributed by atoms with Gasteiger partial charge in [0, 0.05) is 16.4 Å². The Morgan fingerprint density at radius 1 is 0.774 bits per heavy atom. The molecule has 0 aliphatic carbocycles. The third-order valence-corrected chi connectivity index (χ3v) is 9.79. The third kappa shape index (κ3) is 4.72. The molecule has 0 spiro atoms. The fraction of sp³-hybridized carbons (Fsp3) is 0.625. The molecule has 0 aliphatic rings. The molecule has 0 saturated heterocycles. The summed E-state index contributed by atoms with van der Waals surface area (Å²) >= 11 is 0. The molecule has 0 N–H and O–H groups in total. The van der Waals surface area contributed by atoms with E-state index in [-0.39, 0.29) is 28.8 Å². The summed E-state index contributed by atoms with van der Waals surface area (Å²) in [6.07, 6.45) is -7.15. The van der Waals surface area contributed by atoms with Crippen molar-refractivity contribution in [1.29, 1.82) is 0 Å². The van der Waals surface area contributed by atoms with Gasteiger partial charge in [0.25, 0.3) is 0 Å². The lowest BCUT2D eigenvalue weighted by Gasteiger charge is -2.39. The summed E-state index contributed by atoms with van der Waals surface area (Å²) < 4.78 is 152. The number of hydrogen-bond donors (Lipinski definition) is 0. The first-order valence-corrected chi connectivity index (χ1v) is 11.8. The van der Waals surface area contributed by atoms with Gasteiger partial charge in [-0.3, -0.25) is 0 Å². The van der Waals surface area contributed by atoms with Crippen molar-refractivity contribution in [1.82, 2.24) is 0 Å². The average molecular weight is 510 g/mol. The van der Waals surface area contributed by atoms with Crippen molar-refractivity contribution in [3.8, 4) is 5.75 Å². The lowest BCUT2D eigenvalue weighted by molar-refractivity contribution is -0.382. The molecule has 15 heteroatoms. The smallest absolute Gasteiger partial charge is 0.460 e. The van der Waals surface area contributed by atoms with Crippen LogP contribution in [0.15, 0.2) is 29.2 Å². The van der Waals surface area contributed by atoms with Gasteiger partial charge in [-0.15, -0.1) is 0 Å². The van der Waals surface area contributed by atoms with E-state index in [9.17, 15) is 47.9 Å². The Morgan fingerprint density at radius 3 is 1.58 bits per heavy atom. The molecule has 0 aliphatic heterocycles. The van der Waals surface area contributed by atoms with E-state index in [0.717, 1.165) is 0 Å². The minimum atomic E-state index is -7.35. The highest BCUT2D eigenvalue weighted by molar-refractivity contribution is 8.33. The molecule has 1 rings (SSSR count). The van der Waals surface area contributed by atoms with Gasteiger partial charge in [-0.1, -0.05) is 24.2 Å². The van der Waals surface area contributed by atoms with Crippen LogP contribution in [0.25, 0.3) is 0 Å². The van der Waals surface area contributed by atoms with Gasteiger partial charge in [-0.25, -0.2) is 3.63 Å². The summed E-state index contributed by atoms with van der Waals surface area (Å²) in [4.78, 5) is -0.0498. The summed E-state index contributed by atoms with van der Waals surface area (Å²) in [7, 11) is -10.3. The van der Waals surface area contributed by atoms with E-state index in [1.807, 2.05) is 0 Å². The van der Waals surface area contributed by atoms with Crippen molar-refractivity contribution < 1.29 is 56.3 Å². The number of halogens is 9. The van der Waals surface area contributed by atoms with Crippen LogP contribution in [0.1, 0.15) is 20.8 Å². The van der Waals surface area contributed by atoms with Gasteiger partial charge in [0.05, 0.1) is 6.61 Å². The van der Waals surface area contributed by atoms with Gasteiger partial charge in [-0.05, 0) is 31.2 Å². The number of benzene rings is 1. The standard InChI is InChI=1S/C16H19F9O4S2/c1-4-28-11-7-9-12(10-8-11)30(5-2,6-3)29-31(26,27)16(24,25)14(19,20)13(17,18)15(21,22)23/h7-10H,4-6H2,1-3H3. The zero-order valence-electron chi connectivity index (χ0n) is 16.3. The van der Waals surface area contributed by atoms with Crippen molar-refractivity contribution in [2.75, 3.05) is 18.1 Å². The zero-order chi connectivity index (χ0) is 24.5. The number of ether oxygens (including phenoxy) is 1. The molecule has 0 bridgehead atoms. The van der Waals surface area contributed by atoms with Crippen molar-refractivity contribution in [3.05, 3.63) is 24.3 Å². The van der Waals surface area contributed by atoms with Gasteiger partial charge in [-0.2, -0.15) is 47.9 Å². The number of rotatable bonds is 10. The molecule has 0 saturated carbocycles. The van der Waals surface area contributed by atoms with Crippen LogP contribution in [0.3, 0.4) is 0 Å². The summed E-state index contributed by atoms with van der Waals surface area (Å²) in [5.41, 5.74) is 0. The van der Waals surface area contributed by atoms with Crippen molar-refractivity contribution in [2.45, 2.75) is 48.9 Å². The maximum absolute atomic E-state index is 14.0. The largest absolute Gasteiger partial charge is 0.494 e. The first-order valence-electron chi connectivity index (χ1n) is 8.54. The quantitative estimate of drug-likeness (QED) is 0.364. The maximum Gasteiger partial charge on any atom is 0.460 e. The second-order valence-corrected chi connectivity index (χ2v) is 11.2. The molecule has 0 fully saturated rings. The third-order valence-electron chi connectivity index (χ3n) is 4.15. The van der Waals surface area contributed by atoms with Gasteiger partial charge in [0.1, 0.15) is 5.75 Å². The molecule has 182 valence electrons. The monoisotopic (exact) mass is 510 g/mol. The minimum Gasteiger partial charge on any atom is -0.494 e. The molecule has 0 atom stereocenters. The molecule has 31 heavy (non-hydrogen) atoms. The predicted octanol–water partition coefficient (Wildman–Crippen LogP) is 5.98. The van der Waals surface area contributed by atoms with Crippen LogP contribution in [0.5, 0.6) is 5.75 Å². The molecule has 1 aromatic rings. The van der Waals surface area contributed by atoms with E-state index < -0.39 is 43.7 Å². The van der Waals surface area contributed by atoms with Crippen molar-refractivity contribution >= 4 is 20.4 Å². The fourth-order valence-electron chi connectivity index (χ4n) is 2.36. The Morgan fingerprint density at radius 2 is 1.23 bits per heavy atom. The highest BCUT2D eigenvalue weighted by Gasteiger charge is 2.86. The van der Waals surface area contributed by atoms with Gasteiger partial charge < -0.3 is 4.74 Å². The summed E-state index contributed by atoms with van der Waals surface area (Å²) in [6, 6.07) is 4.99. The van der Waals surface area contributed by atoms with Crippen molar-refractivity contribution in [3.63, 3.8) is 0 Å². The maximum atomic E-state index is 14.0. The molecule has 1 aromatic carbocycles. The molecule has 0 unspecified atom stereocenters. The van der Waals surface area contributed by atoms with Crippen LogP contribution in [0.4, 0.5) is 39.5 Å². The van der Waals surface area contributed by atoms with E-state index in [4.69, 9.17) is 4.74 Å². The molecule has 4 nitrogen and oxygen atoms in total. The molecular weight excluding hydrogens is 491 g/mol. The average Bonchev–Trinajstić information content (AvgIpc) is 2.65. The van der Waals surface area contributed by atoms with E-state index >= 15 is 0 Å². The van der Waals surface area contributed by atoms with Crippen LogP contribution in [-0.4, -0.2) is 49.8 Å². The zero-order valence-corrected chi connectivity index (χ0v) is 17.9. The lowest BCUT2D eigenvalue weighted by atomic mass is 10.1. The molecule has 0 amide bonds. The Labute approximate surface area is 174 Å². The Hall–Kier alpha value is -1.35. The predicted molar refractivity (Wildman–Crippen MR) is 95.5 cm³/mol. The molecule has 0 radical (unpaired) electrons. The highest BCUT2D eigenvalue weighted by atomic mass is 32.3. The molecule has 0 aromatic heterocycles. The van der Waals surface area contributed by atoms with E-state index in [1.165, 1.54) is 38.1 Å². The number of hydrogen-bond acceptors (Lipinski definition) is 4. The van der Waals surface area contributed by atoms with Crippen molar-refractivity contribution in [2.24, 2.45) is 0 Å². The topological polar surface area (TPSA) is 52.6 Å². The number of alkyl halides is 9. The van der Waals surface area contributed by atoms with Crippen LogP contribution in [0, 0.1) is 0 Å². The first kappa shape index (κ1) is 27.7. The van der Waals surface area contributed by atoms with E-state index in [2.05, 4.69) is 3.63 Å². The van der Waals surface area contributed by atoms with Crippen LogP contribution < -0.4 is 4.74 Å². The SMILES string of the molecule is CCOc1ccc(S(CC)(CC)OS(=O)(=O)C(F)(F)C(F)(F)C(F)(F)C(F)(F)F)cc1. The van der Waals surface area contributed by atoms with Crippen LogP contribution in [-0.2, 0) is 13.7 Å². The second-order valence-electron chi connectivity index (χ2n) is 5.98. The first-order chi connectivity index (χ1) is 13.9. The molecule has 0 heterocycles. The minimum absolute atomic E-state index is 0.0498.